The van der Waals surface area contributed by atoms with E-state index in [1.54, 1.807) is 13.3 Å². The SMILES string of the molecule is COc1ccc([C@@H]2CN(Cc3ccc(-n4ccnc4)cc3)C[C@H]2N(C)C)cc1. The minimum atomic E-state index is 0.506. The first-order valence-electron chi connectivity index (χ1n) is 9.74. The van der Waals surface area contributed by atoms with Gasteiger partial charge in [-0.1, -0.05) is 24.3 Å². The van der Waals surface area contributed by atoms with Crippen molar-refractivity contribution >= 4 is 0 Å². The monoisotopic (exact) mass is 376 g/mol. The van der Waals surface area contributed by atoms with Crippen molar-refractivity contribution in [3.8, 4) is 11.4 Å². The number of imidazole rings is 1. The molecular weight excluding hydrogens is 348 g/mol. The molecule has 3 aromatic rings. The highest BCUT2D eigenvalue weighted by Crippen LogP contribution is 2.32. The van der Waals surface area contributed by atoms with E-state index in [1.165, 1.54) is 11.1 Å². The smallest absolute Gasteiger partial charge is 0.118 e. The maximum Gasteiger partial charge on any atom is 0.118 e. The number of hydrogen-bond acceptors (Lipinski definition) is 4. The zero-order chi connectivity index (χ0) is 19.5. The quantitative estimate of drug-likeness (QED) is 0.660. The third-order valence-electron chi connectivity index (χ3n) is 5.72. The summed E-state index contributed by atoms with van der Waals surface area (Å²) in [5, 5.41) is 0. The zero-order valence-corrected chi connectivity index (χ0v) is 16.8. The van der Waals surface area contributed by atoms with Crippen LogP contribution in [0.5, 0.6) is 5.75 Å². The lowest BCUT2D eigenvalue weighted by Gasteiger charge is -2.25. The van der Waals surface area contributed by atoms with Gasteiger partial charge in [-0.15, -0.1) is 0 Å². The Morgan fingerprint density at radius 3 is 2.39 bits per heavy atom. The molecule has 2 atom stereocenters. The van der Waals surface area contributed by atoms with E-state index >= 15 is 0 Å². The van der Waals surface area contributed by atoms with Crippen molar-refractivity contribution in [1.82, 2.24) is 19.4 Å². The van der Waals surface area contributed by atoms with Gasteiger partial charge in [0.2, 0.25) is 0 Å². The van der Waals surface area contributed by atoms with Gasteiger partial charge in [-0.2, -0.15) is 0 Å². The van der Waals surface area contributed by atoms with Crippen LogP contribution in [-0.2, 0) is 6.54 Å². The predicted octanol–water partition coefficient (Wildman–Crippen LogP) is 3.41. The molecule has 4 rings (SSSR count). The maximum atomic E-state index is 5.32. The molecule has 0 bridgehead atoms. The van der Waals surface area contributed by atoms with Gasteiger partial charge in [-0.05, 0) is 49.5 Å². The Morgan fingerprint density at radius 1 is 1.04 bits per heavy atom. The van der Waals surface area contributed by atoms with Gasteiger partial charge in [-0.25, -0.2) is 4.98 Å². The molecule has 146 valence electrons. The highest BCUT2D eigenvalue weighted by molar-refractivity contribution is 5.35. The maximum absolute atomic E-state index is 5.32. The van der Waals surface area contributed by atoms with Gasteiger partial charge >= 0.3 is 0 Å². The van der Waals surface area contributed by atoms with Crippen molar-refractivity contribution in [2.75, 3.05) is 34.3 Å². The Hall–Kier alpha value is -2.63. The Bertz CT molecular complexity index is 872. The third-order valence-corrected chi connectivity index (χ3v) is 5.72. The second-order valence-corrected chi connectivity index (χ2v) is 7.74. The highest BCUT2D eigenvalue weighted by Gasteiger charge is 2.35. The van der Waals surface area contributed by atoms with E-state index in [9.17, 15) is 0 Å². The second kappa shape index (κ2) is 8.17. The summed E-state index contributed by atoms with van der Waals surface area (Å²) in [5.74, 6) is 1.42. The molecule has 1 aliphatic heterocycles. The molecule has 0 unspecified atom stereocenters. The van der Waals surface area contributed by atoms with Crippen LogP contribution in [0.2, 0.25) is 0 Å². The Morgan fingerprint density at radius 2 is 1.79 bits per heavy atom. The van der Waals surface area contributed by atoms with E-state index in [0.29, 0.717) is 12.0 Å². The molecule has 0 saturated carbocycles. The zero-order valence-electron chi connectivity index (χ0n) is 16.8. The molecule has 0 radical (unpaired) electrons. The predicted molar refractivity (Wildman–Crippen MR) is 112 cm³/mol. The molecule has 2 heterocycles. The van der Waals surface area contributed by atoms with Crippen molar-refractivity contribution in [3.05, 3.63) is 78.4 Å². The van der Waals surface area contributed by atoms with E-state index in [2.05, 4.69) is 77.4 Å². The van der Waals surface area contributed by atoms with Gasteiger partial charge < -0.3 is 14.2 Å². The molecule has 0 N–H and O–H groups in total. The molecule has 1 aromatic heterocycles. The lowest BCUT2D eigenvalue weighted by molar-refractivity contribution is 0.260. The van der Waals surface area contributed by atoms with Crippen molar-refractivity contribution in [1.29, 1.82) is 0 Å². The molecule has 1 fully saturated rings. The van der Waals surface area contributed by atoms with E-state index < -0.39 is 0 Å². The Labute approximate surface area is 167 Å². The second-order valence-electron chi connectivity index (χ2n) is 7.74. The first-order valence-corrected chi connectivity index (χ1v) is 9.74. The van der Waals surface area contributed by atoms with E-state index in [-0.39, 0.29) is 0 Å². The number of likely N-dealkylation sites (N-methyl/N-ethyl adjacent to an activating group) is 1. The number of hydrogen-bond donors (Lipinski definition) is 0. The first-order chi connectivity index (χ1) is 13.6. The fourth-order valence-electron chi connectivity index (χ4n) is 4.14. The van der Waals surface area contributed by atoms with Crippen LogP contribution < -0.4 is 4.74 Å². The number of aromatic nitrogens is 2. The number of nitrogens with zero attached hydrogens (tertiary/aromatic N) is 4. The molecule has 5 heteroatoms. The van der Waals surface area contributed by atoms with Gasteiger partial charge in [0.05, 0.1) is 13.4 Å². The molecule has 0 aliphatic carbocycles. The van der Waals surface area contributed by atoms with Crippen molar-refractivity contribution in [2.24, 2.45) is 0 Å². The van der Waals surface area contributed by atoms with Crippen LogP contribution in [0.1, 0.15) is 17.0 Å². The summed E-state index contributed by atoms with van der Waals surface area (Å²) in [7, 11) is 6.09. The number of likely N-dealkylation sites (tertiary alicyclic amines) is 1. The van der Waals surface area contributed by atoms with Gasteiger partial charge in [0.15, 0.2) is 0 Å². The van der Waals surface area contributed by atoms with Crippen LogP contribution in [0.15, 0.2) is 67.3 Å². The largest absolute Gasteiger partial charge is 0.497 e. The van der Waals surface area contributed by atoms with Crippen molar-refractivity contribution in [3.63, 3.8) is 0 Å². The minimum absolute atomic E-state index is 0.506. The van der Waals surface area contributed by atoms with Crippen LogP contribution in [0.3, 0.4) is 0 Å². The average molecular weight is 377 g/mol. The Balaban J connectivity index is 1.46. The van der Waals surface area contributed by atoms with Crippen molar-refractivity contribution < 1.29 is 4.74 Å². The highest BCUT2D eigenvalue weighted by atomic mass is 16.5. The van der Waals surface area contributed by atoms with Gasteiger partial charge in [0.1, 0.15) is 5.75 Å². The summed E-state index contributed by atoms with van der Waals surface area (Å²) in [6.07, 6.45) is 5.60. The van der Waals surface area contributed by atoms with Crippen LogP contribution >= 0.6 is 0 Å². The number of methoxy groups -OCH3 is 1. The molecule has 1 saturated heterocycles. The molecule has 5 nitrogen and oxygen atoms in total. The summed E-state index contributed by atoms with van der Waals surface area (Å²) < 4.78 is 7.35. The fraction of sp³-hybridized carbons (Fsp3) is 0.348. The third kappa shape index (κ3) is 3.96. The number of benzene rings is 2. The lowest BCUT2D eigenvalue weighted by Crippen LogP contribution is -2.34. The average Bonchev–Trinajstić information content (AvgIpc) is 3.39. The number of ether oxygens (including phenoxy) is 1. The summed E-state index contributed by atoms with van der Waals surface area (Å²) in [4.78, 5) is 9.04. The summed E-state index contributed by atoms with van der Waals surface area (Å²) in [5.41, 5.74) is 3.87. The molecule has 1 aliphatic rings. The standard InChI is InChI=1S/C23H28N4O/c1-25(2)23-16-26(15-22(23)19-6-10-21(28-3)11-7-19)14-18-4-8-20(9-5-18)27-13-12-24-17-27/h4-13,17,22-23H,14-16H2,1-3H3/t22-,23+/m0/s1. The normalized spacial score (nSPS) is 20.0. The van der Waals surface area contributed by atoms with Gasteiger partial charge in [0, 0.05) is 49.7 Å². The van der Waals surface area contributed by atoms with E-state index in [1.807, 2.05) is 17.1 Å². The first kappa shape index (κ1) is 18.7. The van der Waals surface area contributed by atoms with Gasteiger partial charge in [-0.3, -0.25) is 4.90 Å². The Kier molecular flexibility index (Phi) is 5.46. The number of rotatable bonds is 6. The fourth-order valence-corrected chi connectivity index (χ4v) is 4.14. The van der Waals surface area contributed by atoms with Crippen LogP contribution in [0.25, 0.3) is 5.69 Å². The summed E-state index contributed by atoms with van der Waals surface area (Å²) in [6, 6.07) is 17.8. The van der Waals surface area contributed by atoms with Gasteiger partial charge in [0.25, 0.3) is 0 Å². The topological polar surface area (TPSA) is 33.5 Å². The lowest BCUT2D eigenvalue weighted by atomic mass is 9.93. The molecule has 2 aromatic carbocycles. The summed E-state index contributed by atoms with van der Waals surface area (Å²) in [6.45, 7) is 3.12. The van der Waals surface area contributed by atoms with Crippen molar-refractivity contribution in [2.45, 2.75) is 18.5 Å². The molecule has 28 heavy (non-hydrogen) atoms. The van der Waals surface area contributed by atoms with E-state index in [0.717, 1.165) is 31.1 Å². The summed E-state index contributed by atoms with van der Waals surface area (Å²) >= 11 is 0. The van der Waals surface area contributed by atoms with Crippen LogP contribution in [0, 0.1) is 0 Å². The molecular formula is C23H28N4O. The van der Waals surface area contributed by atoms with Crippen LogP contribution in [-0.4, -0.2) is 59.7 Å². The molecule has 0 spiro atoms. The molecule has 0 amide bonds. The minimum Gasteiger partial charge on any atom is -0.497 e. The van der Waals surface area contributed by atoms with E-state index in [4.69, 9.17) is 4.74 Å². The van der Waals surface area contributed by atoms with Crippen LogP contribution in [0.4, 0.5) is 0 Å².